The van der Waals surface area contributed by atoms with Crippen molar-refractivity contribution < 1.29 is 9.21 Å². The van der Waals surface area contributed by atoms with E-state index >= 15 is 0 Å². The number of carbonyl (C=O) groups is 1. The molecule has 0 spiro atoms. The van der Waals surface area contributed by atoms with Crippen LogP contribution in [0, 0.1) is 0 Å². The molecule has 0 atom stereocenters. The summed E-state index contributed by atoms with van der Waals surface area (Å²) >= 11 is 6.83. The second kappa shape index (κ2) is 6.70. The minimum Gasteiger partial charge on any atom is -0.458 e. The van der Waals surface area contributed by atoms with Crippen molar-refractivity contribution in [2.45, 2.75) is 0 Å². The Morgan fingerprint density at radius 2 is 1.43 bits per heavy atom. The van der Waals surface area contributed by atoms with Gasteiger partial charge < -0.3 is 4.42 Å². The van der Waals surface area contributed by atoms with Gasteiger partial charge in [0.1, 0.15) is 0 Å². The quantitative estimate of drug-likeness (QED) is 0.354. The molecule has 0 aliphatic rings. The van der Waals surface area contributed by atoms with Crippen molar-refractivity contribution in [1.82, 2.24) is 5.43 Å². The third kappa shape index (κ3) is 3.24. The highest BCUT2D eigenvalue weighted by atomic mass is 79.9. The lowest BCUT2D eigenvalue weighted by Gasteiger charge is -2.07. The minimum absolute atomic E-state index is 0.188. The Bertz CT molecular complexity index is 840. The molecular formula is C17H12Br2N2O2. The fraction of sp³-hybridized carbons (Fsp3) is 0. The molecule has 4 nitrogen and oxygen atoms in total. The fourth-order valence-corrected chi connectivity index (χ4v) is 2.86. The number of nitrogens with two attached hydrogens (primary N) is 1. The van der Waals surface area contributed by atoms with Gasteiger partial charge in [0, 0.05) is 20.1 Å². The zero-order chi connectivity index (χ0) is 16.4. The Hall–Kier alpha value is -1.89. The molecule has 6 heteroatoms. The summed E-state index contributed by atoms with van der Waals surface area (Å²) < 4.78 is 7.44. The summed E-state index contributed by atoms with van der Waals surface area (Å²) in [5, 5.41) is 0. The summed E-state index contributed by atoms with van der Waals surface area (Å²) in [5.74, 6) is 4.99. The molecule has 0 bridgehead atoms. The molecule has 0 saturated heterocycles. The van der Waals surface area contributed by atoms with Crippen molar-refractivity contribution in [1.29, 1.82) is 0 Å². The van der Waals surface area contributed by atoms with E-state index < -0.39 is 5.91 Å². The number of hydrogen-bond donors (Lipinski definition) is 2. The van der Waals surface area contributed by atoms with Gasteiger partial charge in [-0.25, -0.2) is 5.84 Å². The number of benzene rings is 2. The molecule has 1 aromatic heterocycles. The molecule has 0 radical (unpaired) electrons. The number of nitrogens with one attached hydrogen (secondary N) is 1. The Labute approximate surface area is 149 Å². The monoisotopic (exact) mass is 434 g/mol. The first-order chi connectivity index (χ1) is 11.1. The Morgan fingerprint density at radius 3 is 1.96 bits per heavy atom. The molecule has 0 aliphatic heterocycles. The minimum atomic E-state index is -0.466. The Kier molecular flexibility index (Phi) is 4.66. The molecule has 3 N–H and O–H groups in total. The van der Waals surface area contributed by atoms with Crippen LogP contribution in [0.1, 0.15) is 10.6 Å². The lowest BCUT2D eigenvalue weighted by molar-refractivity contribution is 0.0927. The summed E-state index contributed by atoms with van der Waals surface area (Å²) in [6, 6.07) is 15.5. The normalized spacial score (nSPS) is 10.6. The van der Waals surface area contributed by atoms with Gasteiger partial charge in [0.2, 0.25) is 5.76 Å². The SMILES string of the molecule is NNC(=O)c1occ(-c2ccc(Br)cc2)c1-c1ccc(Br)cc1. The second-order valence-electron chi connectivity index (χ2n) is 4.84. The summed E-state index contributed by atoms with van der Waals surface area (Å²) in [6.45, 7) is 0. The highest BCUT2D eigenvalue weighted by Crippen LogP contribution is 2.37. The van der Waals surface area contributed by atoms with E-state index in [0.717, 1.165) is 25.6 Å². The highest BCUT2D eigenvalue weighted by Gasteiger charge is 2.22. The van der Waals surface area contributed by atoms with Crippen LogP contribution in [-0.2, 0) is 0 Å². The van der Waals surface area contributed by atoms with Crippen molar-refractivity contribution in [2.75, 3.05) is 0 Å². The van der Waals surface area contributed by atoms with E-state index in [4.69, 9.17) is 10.3 Å². The average Bonchev–Trinajstić information content (AvgIpc) is 3.00. The molecule has 0 fully saturated rings. The first kappa shape index (κ1) is 16.0. The summed E-state index contributed by atoms with van der Waals surface area (Å²) in [5.41, 5.74) is 5.49. The number of carbonyl (C=O) groups excluding carboxylic acids is 1. The van der Waals surface area contributed by atoms with Gasteiger partial charge >= 0.3 is 5.91 Å². The van der Waals surface area contributed by atoms with Crippen LogP contribution in [0.3, 0.4) is 0 Å². The number of halogens is 2. The first-order valence-corrected chi connectivity index (χ1v) is 8.33. The standard InChI is InChI=1S/C17H12Br2N2O2/c18-12-5-1-10(2-6-12)14-9-23-16(17(22)21-20)15(14)11-3-7-13(19)8-4-11/h1-9H,20H2,(H,21,22). The number of hydrazine groups is 1. The predicted octanol–water partition coefficient (Wildman–Crippen LogP) is 4.74. The molecular weight excluding hydrogens is 424 g/mol. The number of amides is 1. The van der Waals surface area contributed by atoms with Gasteiger partial charge in [-0.3, -0.25) is 10.2 Å². The number of nitrogen functional groups attached to an aromatic ring is 1. The van der Waals surface area contributed by atoms with E-state index in [2.05, 4.69) is 37.3 Å². The van der Waals surface area contributed by atoms with E-state index in [1.165, 1.54) is 0 Å². The van der Waals surface area contributed by atoms with E-state index in [1.54, 1.807) is 6.26 Å². The molecule has 0 unspecified atom stereocenters. The van der Waals surface area contributed by atoms with Gasteiger partial charge in [-0.2, -0.15) is 0 Å². The largest absolute Gasteiger partial charge is 0.458 e. The molecule has 2 aromatic carbocycles. The van der Waals surface area contributed by atoms with Crippen LogP contribution in [0.25, 0.3) is 22.3 Å². The zero-order valence-electron chi connectivity index (χ0n) is 11.8. The van der Waals surface area contributed by atoms with Crippen LogP contribution in [-0.4, -0.2) is 5.91 Å². The van der Waals surface area contributed by atoms with Crippen LogP contribution in [0.15, 0.2) is 68.2 Å². The van der Waals surface area contributed by atoms with Gasteiger partial charge in [0.15, 0.2) is 0 Å². The third-order valence-corrected chi connectivity index (χ3v) is 4.47. The predicted molar refractivity (Wildman–Crippen MR) is 96.6 cm³/mol. The number of furan rings is 1. The van der Waals surface area contributed by atoms with Crippen molar-refractivity contribution in [3.63, 3.8) is 0 Å². The van der Waals surface area contributed by atoms with Crippen molar-refractivity contribution in [3.05, 3.63) is 69.5 Å². The molecule has 1 amide bonds. The summed E-state index contributed by atoms with van der Waals surface area (Å²) in [4.78, 5) is 12.0. The van der Waals surface area contributed by atoms with Crippen molar-refractivity contribution in [3.8, 4) is 22.3 Å². The summed E-state index contributed by atoms with van der Waals surface area (Å²) in [7, 11) is 0. The van der Waals surface area contributed by atoms with Crippen LogP contribution in [0.2, 0.25) is 0 Å². The summed E-state index contributed by atoms with van der Waals surface area (Å²) in [6.07, 6.45) is 1.57. The van der Waals surface area contributed by atoms with Gasteiger partial charge in [-0.1, -0.05) is 56.1 Å². The van der Waals surface area contributed by atoms with Crippen LogP contribution in [0.4, 0.5) is 0 Å². The maximum Gasteiger partial charge on any atom is 0.301 e. The molecule has 0 aliphatic carbocycles. The lowest BCUT2D eigenvalue weighted by Crippen LogP contribution is -2.30. The van der Waals surface area contributed by atoms with Crippen molar-refractivity contribution >= 4 is 37.8 Å². The van der Waals surface area contributed by atoms with E-state index in [0.29, 0.717) is 5.56 Å². The zero-order valence-corrected chi connectivity index (χ0v) is 15.0. The van der Waals surface area contributed by atoms with Gasteiger partial charge in [-0.05, 0) is 35.4 Å². The molecule has 3 aromatic rings. The molecule has 3 rings (SSSR count). The fourth-order valence-electron chi connectivity index (χ4n) is 2.34. The average molecular weight is 436 g/mol. The smallest absolute Gasteiger partial charge is 0.301 e. The van der Waals surface area contributed by atoms with E-state index in [9.17, 15) is 4.79 Å². The maximum atomic E-state index is 12.0. The molecule has 1 heterocycles. The highest BCUT2D eigenvalue weighted by molar-refractivity contribution is 9.10. The lowest BCUT2D eigenvalue weighted by atomic mass is 9.96. The number of hydrogen-bond acceptors (Lipinski definition) is 3. The van der Waals surface area contributed by atoms with Gasteiger partial charge in [0.05, 0.1) is 6.26 Å². The van der Waals surface area contributed by atoms with Gasteiger partial charge in [0.25, 0.3) is 0 Å². The third-order valence-electron chi connectivity index (χ3n) is 3.42. The van der Waals surface area contributed by atoms with E-state index in [-0.39, 0.29) is 5.76 Å². The first-order valence-electron chi connectivity index (χ1n) is 6.74. The Morgan fingerprint density at radius 1 is 0.913 bits per heavy atom. The number of rotatable bonds is 3. The van der Waals surface area contributed by atoms with Gasteiger partial charge in [-0.15, -0.1) is 0 Å². The van der Waals surface area contributed by atoms with Crippen LogP contribution < -0.4 is 11.3 Å². The molecule has 23 heavy (non-hydrogen) atoms. The van der Waals surface area contributed by atoms with Crippen LogP contribution in [0.5, 0.6) is 0 Å². The topological polar surface area (TPSA) is 68.3 Å². The van der Waals surface area contributed by atoms with Crippen molar-refractivity contribution in [2.24, 2.45) is 5.84 Å². The molecule has 0 saturated carbocycles. The second-order valence-corrected chi connectivity index (χ2v) is 6.67. The van der Waals surface area contributed by atoms with E-state index in [1.807, 2.05) is 48.5 Å². The molecule has 116 valence electrons. The van der Waals surface area contributed by atoms with Crippen LogP contribution >= 0.6 is 31.9 Å². The Balaban J connectivity index is 2.20. The maximum absolute atomic E-state index is 12.0.